The molecule has 4 aromatic rings. The molecule has 0 radical (unpaired) electrons. The number of aromatic amines is 1. The molecule has 0 saturated carbocycles. The molecule has 1 aliphatic rings. The number of rotatable bonds is 4. The summed E-state index contributed by atoms with van der Waals surface area (Å²) in [5, 5.41) is 1.15. The topological polar surface area (TPSA) is 58.2 Å². The first-order valence-electron chi connectivity index (χ1n) is 9.79. The van der Waals surface area contributed by atoms with Crippen molar-refractivity contribution < 1.29 is 9.53 Å². The van der Waals surface area contributed by atoms with Crippen molar-refractivity contribution in [2.24, 2.45) is 0 Å². The van der Waals surface area contributed by atoms with Crippen molar-refractivity contribution in [3.63, 3.8) is 0 Å². The van der Waals surface area contributed by atoms with Gasteiger partial charge in [0.15, 0.2) is 5.78 Å². The number of benzene rings is 2. The largest absolute Gasteiger partial charge is 0.378 e. The molecule has 0 unspecified atom stereocenters. The summed E-state index contributed by atoms with van der Waals surface area (Å²) in [6.07, 6.45) is 3.65. The number of ether oxygens (including phenoxy) is 1. The molecule has 0 amide bonds. The maximum absolute atomic E-state index is 13.2. The molecule has 5 nitrogen and oxygen atoms in total. The van der Waals surface area contributed by atoms with E-state index in [4.69, 9.17) is 4.74 Å². The highest BCUT2D eigenvalue weighted by molar-refractivity contribution is 6.10. The zero-order valence-corrected chi connectivity index (χ0v) is 16.0. The fraction of sp³-hybridized carbons (Fsp3) is 0.167. The molecule has 1 saturated heterocycles. The van der Waals surface area contributed by atoms with Gasteiger partial charge in [-0.15, -0.1) is 0 Å². The molecule has 1 aliphatic heterocycles. The van der Waals surface area contributed by atoms with Crippen molar-refractivity contribution in [3.8, 4) is 11.1 Å². The Morgan fingerprint density at radius 2 is 1.79 bits per heavy atom. The van der Waals surface area contributed by atoms with Crippen LogP contribution in [0.1, 0.15) is 15.9 Å². The van der Waals surface area contributed by atoms with Crippen molar-refractivity contribution in [1.82, 2.24) is 9.97 Å². The summed E-state index contributed by atoms with van der Waals surface area (Å²) in [5.41, 5.74) is 4.56. The van der Waals surface area contributed by atoms with Gasteiger partial charge < -0.3 is 14.6 Å². The van der Waals surface area contributed by atoms with Crippen molar-refractivity contribution in [2.75, 3.05) is 31.2 Å². The summed E-state index contributed by atoms with van der Waals surface area (Å²) < 4.78 is 5.41. The van der Waals surface area contributed by atoms with Crippen LogP contribution in [0.2, 0.25) is 0 Å². The lowest BCUT2D eigenvalue weighted by Gasteiger charge is -2.27. The second kappa shape index (κ2) is 7.53. The van der Waals surface area contributed by atoms with Crippen molar-refractivity contribution in [1.29, 1.82) is 0 Å². The van der Waals surface area contributed by atoms with Crippen LogP contribution in [0, 0.1) is 0 Å². The van der Waals surface area contributed by atoms with E-state index >= 15 is 0 Å². The van der Waals surface area contributed by atoms with E-state index in [1.54, 1.807) is 12.3 Å². The predicted molar refractivity (Wildman–Crippen MR) is 114 cm³/mol. The maximum atomic E-state index is 13.2. The zero-order valence-electron chi connectivity index (χ0n) is 16.0. The average molecular weight is 383 g/mol. The smallest absolute Gasteiger partial charge is 0.193 e. The van der Waals surface area contributed by atoms with Gasteiger partial charge in [-0.05, 0) is 41.5 Å². The summed E-state index contributed by atoms with van der Waals surface area (Å²) in [7, 11) is 0. The molecule has 1 N–H and O–H groups in total. The van der Waals surface area contributed by atoms with Crippen LogP contribution in [0.4, 0.5) is 5.82 Å². The third-order valence-electron chi connectivity index (χ3n) is 5.37. The van der Waals surface area contributed by atoms with E-state index in [-0.39, 0.29) is 5.78 Å². The number of carbonyl (C=O) groups is 1. The van der Waals surface area contributed by atoms with E-state index in [0.717, 1.165) is 40.9 Å². The second-order valence-electron chi connectivity index (χ2n) is 7.16. The first-order chi connectivity index (χ1) is 14.3. The molecule has 1 fully saturated rings. The molecule has 29 heavy (non-hydrogen) atoms. The summed E-state index contributed by atoms with van der Waals surface area (Å²) in [6.45, 7) is 2.96. The summed E-state index contributed by atoms with van der Waals surface area (Å²) in [4.78, 5) is 23.0. The number of morpholine rings is 1. The number of nitrogens with zero attached hydrogens (tertiary/aromatic N) is 2. The number of fused-ring (bicyclic) bond motifs is 1. The summed E-state index contributed by atoms with van der Waals surface area (Å²) in [5.74, 6) is 0.831. The normalized spacial score (nSPS) is 14.3. The van der Waals surface area contributed by atoms with E-state index in [2.05, 4.69) is 33.1 Å². The number of hydrogen-bond donors (Lipinski definition) is 1. The van der Waals surface area contributed by atoms with Crippen LogP contribution < -0.4 is 4.90 Å². The maximum Gasteiger partial charge on any atom is 0.193 e. The monoisotopic (exact) mass is 383 g/mol. The minimum absolute atomic E-state index is 0.00463. The molecule has 5 rings (SSSR count). The average Bonchev–Trinajstić information content (AvgIpc) is 3.28. The summed E-state index contributed by atoms with van der Waals surface area (Å²) in [6, 6.07) is 19.7. The number of carbonyl (C=O) groups excluding carboxylic acids is 1. The zero-order chi connectivity index (χ0) is 19.6. The molecule has 0 spiro atoms. The first-order valence-corrected chi connectivity index (χ1v) is 9.79. The number of H-pyrrole nitrogens is 1. The van der Waals surface area contributed by atoms with E-state index in [0.29, 0.717) is 24.3 Å². The Bertz CT molecular complexity index is 1180. The second-order valence-corrected chi connectivity index (χ2v) is 7.16. The lowest BCUT2D eigenvalue weighted by Crippen LogP contribution is -2.36. The van der Waals surface area contributed by atoms with E-state index in [9.17, 15) is 4.79 Å². The highest BCUT2D eigenvalue weighted by Crippen LogP contribution is 2.29. The van der Waals surface area contributed by atoms with Crippen LogP contribution in [0.15, 0.2) is 73.1 Å². The SMILES string of the molecule is O=C(c1cccc(-c2cccc3[nH]ccc23)c1)c1ccnc(N2CCOCC2)c1. The Balaban J connectivity index is 1.48. The van der Waals surface area contributed by atoms with Gasteiger partial charge in [0.2, 0.25) is 0 Å². The van der Waals surface area contributed by atoms with Crippen LogP contribution in [-0.2, 0) is 4.74 Å². The van der Waals surface area contributed by atoms with Gasteiger partial charge in [0.1, 0.15) is 5.82 Å². The van der Waals surface area contributed by atoms with Gasteiger partial charge in [0.05, 0.1) is 13.2 Å². The molecule has 0 atom stereocenters. The molecule has 0 bridgehead atoms. The van der Waals surface area contributed by atoms with Gasteiger partial charge in [0, 0.05) is 47.5 Å². The number of ketones is 1. The highest BCUT2D eigenvalue weighted by Gasteiger charge is 2.16. The minimum Gasteiger partial charge on any atom is -0.378 e. The van der Waals surface area contributed by atoms with E-state index < -0.39 is 0 Å². The number of pyridine rings is 1. The molecule has 2 aromatic heterocycles. The number of nitrogens with one attached hydrogen (secondary N) is 1. The summed E-state index contributed by atoms with van der Waals surface area (Å²) >= 11 is 0. The fourth-order valence-corrected chi connectivity index (χ4v) is 3.86. The van der Waals surface area contributed by atoms with E-state index in [1.165, 1.54) is 0 Å². The molecule has 144 valence electrons. The molecule has 0 aliphatic carbocycles. The highest BCUT2D eigenvalue weighted by atomic mass is 16.5. The Labute approximate surface area is 169 Å². The molecular formula is C24H21N3O2. The van der Waals surface area contributed by atoms with Gasteiger partial charge in [-0.2, -0.15) is 0 Å². The minimum atomic E-state index is 0.00463. The van der Waals surface area contributed by atoms with Crippen LogP contribution in [0.3, 0.4) is 0 Å². The number of anilines is 1. The Kier molecular flexibility index (Phi) is 4.58. The van der Waals surface area contributed by atoms with Crippen molar-refractivity contribution >= 4 is 22.5 Å². The molecule has 2 aromatic carbocycles. The Morgan fingerprint density at radius 3 is 2.69 bits per heavy atom. The predicted octanol–water partition coefficient (Wildman–Crippen LogP) is 4.30. The molecule has 3 heterocycles. The quantitative estimate of drug-likeness (QED) is 0.534. The Morgan fingerprint density at radius 1 is 0.966 bits per heavy atom. The fourth-order valence-electron chi connectivity index (χ4n) is 3.86. The van der Waals surface area contributed by atoms with Crippen LogP contribution >= 0.6 is 0 Å². The third-order valence-corrected chi connectivity index (χ3v) is 5.37. The van der Waals surface area contributed by atoms with Crippen molar-refractivity contribution in [2.45, 2.75) is 0 Å². The number of hydrogen-bond acceptors (Lipinski definition) is 4. The standard InChI is InChI=1S/C24H21N3O2/c28-24(19-7-9-26-23(16-19)27-11-13-29-14-12-27)18-4-1-3-17(15-18)20-5-2-6-22-21(20)8-10-25-22/h1-10,15-16,25H,11-14H2. The Hall–Kier alpha value is -3.44. The van der Waals surface area contributed by atoms with Gasteiger partial charge in [-0.25, -0.2) is 4.98 Å². The van der Waals surface area contributed by atoms with Gasteiger partial charge in [-0.1, -0.05) is 30.3 Å². The van der Waals surface area contributed by atoms with E-state index in [1.807, 2.05) is 42.6 Å². The number of aromatic nitrogens is 2. The van der Waals surface area contributed by atoms with Gasteiger partial charge in [-0.3, -0.25) is 4.79 Å². The lowest BCUT2D eigenvalue weighted by molar-refractivity contribution is 0.103. The first kappa shape index (κ1) is 17.6. The van der Waals surface area contributed by atoms with Crippen LogP contribution in [0.25, 0.3) is 22.0 Å². The van der Waals surface area contributed by atoms with Crippen LogP contribution in [0.5, 0.6) is 0 Å². The van der Waals surface area contributed by atoms with Crippen molar-refractivity contribution in [3.05, 3.63) is 84.2 Å². The van der Waals surface area contributed by atoms with Gasteiger partial charge >= 0.3 is 0 Å². The third kappa shape index (κ3) is 3.41. The van der Waals surface area contributed by atoms with Gasteiger partial charge in [0.25, 0.3) is 0 Å². The van der Waals surface area contributed by atoms with Crippen LogP contribution in [-0.4, -0.2) is 42.1 Å². The lowest BCUT2D eigenvalue weighted by atomic mass is 9.97. The molecule has 5 heteroatoms. The molecular weight excluding hydrogens is 362 g/mol.